The topological polar surface area (TPSA) is 104 Å². The average molecular weight is 354 g/mol. The fraction of sp³-hybridized carbons (Fsp3) is 0.278. The SMILES string of the molecule is CN(C(=O)c1cnc(C(=O)O)cn1)C1CCCN(c2ccccc2)C1=O. The molecule has 2 aromatic rings. The van der Waals surface area contributed by atoms with Gasteiger partial charge in [0, 0.05) is 19.3 Å². The van der Waals surface area contributed by atoms with Crippen molar-refractivity contribution in [2.75, 3.05) is 18.5 Å². The molecule has 1 N–H and O–H groups in total. The van der Waals surface area contributed by atoms with Crippen LogP contribution < -0.4 is 4.90 Å². The van der Waals surface area contributed by atoms with Gasteiger partial charge in [0.1, 0.15) is 11.7 Å². The molecule has 0 spiro atoms. The quantitative estimate of drug-likeness (QED) is 0.891. The number of hydrogen-bond acceptors (Lipinski definition) is 5. The van der Waals surface area contributed by atoms with Gasteiger partial charge in [0.15, 0.2) is 5.69 Å². The molecule has 1 unspecified atom stereocenters. The highest BCUT2D eigenvalue weighted by atomic mass is 16.4. The minimum Gasteiger partial charge on any atom is -0.476 e. The van der Waals surface area contributed by atoms with Crippen LogP contribution in [0.25, 0.3) is 0 Å². The van der Waals surface area contributed by atoms with Gasteiger partial charge >= 0.3 is 5.97 Å². The van der Waals surface area contributed by atoms with Crippen LogP contribution in [0.4, 0.5) is 5.69 Å². The summed E-state index contributed by atoms with van der Waals surface area (Å²) in [6, 6.07) is 8.72. The maximum atomic E-state index is 12.9. The van der Waals surface area contributed by atoms with Crippen LogP contribution in [-0.2, 0) is 4.79 Å². The zero-order valence-corrected chi connectivity index (χ0v) is 14.2. The molecule has 0 bridgehead atoms. The lowest BCUT2D eigenvalue weighted by atomic mass is 10.0. The fourth-order valence-corrected chi connectivity index (χ4v) is 2.95. The molecular formula is C18H18N4O4. The minimum atomic E-state index is -1.22. The molecule has 0 radical (unpaired) electrons. The van der Waals surface area contributed by atoms with Crippen molar-refractivity contribution in [3.8, 4) is 0 Å². The van der Waals surface area contributed by atoms with E-state index in [1.807, 2.05) is 30.3 Å². The number of carboxylic acid groups (broad SMARTS) is 1. The molecule has 2 heterocycles. The number of piperidine rings is 1. The number of aromatic carboxylic acids is 1. The molecule has 1 aliphatic heterocycles. The van der Waals surface area contributed by atoms with Crippen LogP contribution in [0.1, 0.15) is 33.8 Å². The van der Waals surface area contributed by atoms with E-state index in [4.69, 9.17) is 5.11 Å². The molecule has 1 atom stereocenters. The number of rotatable bonds is 4. The molecule has 1 aliphatic rings. The van der Waals surface area contributed by atoms with Crippen LogP contribution >= 0.6 is 0 Å². The van der Waals surface area contributed by atoms with Gasteiger partial charge < -0.3 is 14.9 Å². The predicted molar refractivity (Wildman–Crippen MR) is 92.9 cm³/mol. The Morgan fingerprint density at radius 3 is 2.42 bits per heavy atom. The first kappa shape index (κ1) is 17.5. The van der Waals surface area contributed by atoms with E-state index >= 15 is 0 Å². The number of para-hydroxylation sites is 1. The zero-order chi connectivity index (χ0) is 18.7. The van der Waals surface area contributed by atoms with Crippen LogP contribution in [0.3, 0.4) is 0 Å². The molecule has 8 heteroatoms. The normalized spacial score (nSPS) is 17.0. The van der Waals surface area contributed by atoms with Crippen LogP contribution in [0.2, 0.25) is 0 Å². The average Bonchev–Trinajstić information content (AvgIpc) is 2.68. The molecule has 134 valence electrons. The molecule has 1 aromatic carbocycles. The van der Waals surface area contributed by atoms with Gasteiger partial charge in [-0.2, -0.15) is 0 Å². The lowest BCUT2D eigenvalue weighted by molar-refractivity contribution is -0.124. The van der Waals surface area contributed by atoms with Gasteiger partial charge in [0.25, 0.3) is 5.91 Å². The molecule has 26 heavy (non-hydrogen) atoms. The Labute approximate surface area is 150 Å². The Bertz CT molecular complexity index is 823. The second kappa shape index (κ2) is 7.30. The van der Waals surface area contributed by atoms with Crippen molar-refractivity contribution < 1.29 is 19.5 Å². The predicted octanol–water partition coefficient (Wildman–Crippen LogP) is 1.44. The standard InChI is InChI=1S/C18H18N4O4/c1-21(16(23)13-10-20-14(11-19-13)18(25)26)15-8-5-9-22(17(15)24)12-6-3-2-4-7-12/h2-4,6-7,10-11,15H,5,8-9H2,1H3,(H,25,26). The van der Waals surface area contributed by atoms with Crippen LogP contribution in [0.15, 0.2) is 42.7 Å². The van der Waals surface area contributed by atoms with Crippen molar-refractivity contribution in [2.24, 2.45) is 0 Å². The Hall–Kier alpha value is -3.29. The summed E-state index contributed by atoms with van der Waals surface area (Å²) in [6.07, 6.45) is 3.48. The number of carbonyl (C=O) groups is 3. The number of carboxylic acids is 1. The van der Waals surface area contributed by atoms with Gasteiger partial charge in [-0.05, 0) is 25.0 Å². The van der Waals surface area contributed by atoms with Gasteiger partial charge in [-0.3, -0.25) is 9.59 Å². The number of anilines is 1. The highest BCUT2D eigenvalue weighted by molar-refractivity contribution is 6.02. The molecule has 2 amide bonds. The first-order valence-electron chi connectivity index (χ1n) is 8.18. The van der Waals surface area contributed by atoms with E-state index in [9.17, 15) is 14.4 Å². The van der Waals surface area contributed by atoms with E-state index in [2.05, 4.69) is 9.97 Å². The fourth-order valence-electron chi connectivity index (χ4n) is 2.95. The van der Waals surface area contributed by atoms with E-state index < -0.39 is 17.9 Å². The third kappa shape index (κ3) is 3.39. The second-order valence-corrected chi connectivity index (χ2v) is 5.99. The number of carbonyl (C=O) groups excluding carboxylic acids is 2. The number of nitrogens with zero attached hydrogens (tertiary/aromatic N) is 4. The van der Waals surface area contributed by atoms with Crippen LogP contribution in [-0.4, -0.2) is 57.4 Å². The van der Waals surface area contributed by atoms with Crippen molar-refractivity contribution in [1.29, 1.82) is 0 Å². The lowest BCUT2D eigenvalue weighted by Crippen LogP contribution is -2.53. The van der Waals surface area contributed by atoms with Gasteiger partial charge in [0.05, 0.1) is 12.4 Å². The maximum absolute atomic E-state index is 12.9. The highest BCUT2D eigenvalue weighted by Crippen LogP contribution is 2.23. The van der Waals surface area contributed by atoms with Crippen molar-refractivity contribution in [2.45, 2.75) is 18.9 Å². The lowest BCUT2D eigenvalue weighted by Gasteiger charge is -2.36. The summed E-state index contributed by atoms with van der Waals surface area (Å²) in [7, 11) is 1.55. The molecule has 1 aromatic heterocycles. The summed E-state index contributed by atoms with van der Waals surface area (Å²) >= 11 is 0. The molecule has 0 saturated carbocycles. The summed E-state index contributed by atoms with van der Waals surface area (Å²) < 4.78 is 0. The van der Waals surface area contributed by atoms with Gasteiger partial charge in [0.2, 0.25) is 5.91 Å². The second-order valence-electron chi connectivity index (χ2n) is 5.99. The summed E-state index contributed by atoms with van der Waals surface area (Å²) in [5, 5.41) is 8.85. The van der Waals surface area contributed by atoms with E-state index in [0.29, 0.717) is 13.0 Å². The Morgan fingerprint density at radius 1 is 1.15 bits per heavy atom. The number of amides is 2. The number of benzene rings is 1. The first-order valence-corrected chi connectivity index (χ1v) is 8.18. The maximum Gasteiger partial charge on any atom is 0.356 e. The summed E-state index contributed by atoms with van der Waals surface area (Å²) in [6.45, 7) is 0.606. The largest absolute Gasteiger partial charge is 0.476 e. The van der Waals surface area contributed by atoms with Crippen molar-refractivity contribution >= 4 is 23.5 Å². The molecule has 8 nitrogen and oxygen atoms in total. The van der Waals surface area contributed by atoms with Gasteiger partial charge in [-0.15, -0.1) is 0 Å². The van der Waals surface area contributed by atoms with E-state index in [-0.39, 0.29) is 17.3 Å². The molecule has 0 aliphatic carbocycles. The van der Waals surface area contributed by atoms with E-state index in [1.165, 1.54) is 4.90 Å². The van der Waals surface area contributed by atoms with Crippen LogP contribution in [0.5, 0.6) is 0 Å². The van der Waals surface area contributed by atoms with Gasteiger partial charge in [-0.1, -0.05) is 18.2 Å². The van der Waals surface area contributed by atoms with E-state index in [1.54, 1.807) is 11.9 Å². The van der Waals surface area contributed by atoms with Crippen molar-refractivity contribution in [1.82, 2.24) is 14.9 Å². The number of aromatic nitrogens is 2. The Balaban J connectivity index is 1.77. The molecule has 1 saturated heterocycles. The van der Waals surface area contributed by atoms with Crippen LogP contribution in [0, 0.1) is 0 Å². The summed E-state index contributed by atoms with van der Waals surface area (Å²) in [5.74, 6) is -1.83. The summed E-state index contributed by atoms with van der Waals surface area (Å²) in [4.78, 5) is 46.9. The highest BCUT2D eigenvalue weighted by Gasteiger charge is 2.35. The molecule has 3 rings (SSSR count). The van der Waals surface area contributed by atoms with Crippen molar-refractivity contribution in [3.63, 3.8) is 0 Å². The molecule has 1 fully saturated rings. The smallest absolute Gasteiger partial charge is 0.356 e. The third-order valence-corrected chi connectivity index (χ3v) is 4.36. The number of likely N-dealkylation sites (N-methyl/N-ethyl adjacent to an activating group) is 1. The third-order valence-electron chi connectivity index (χ3n) is 4.36. The zero-order valence-electron chi connectivity index (χ0n) is 14.2. The Kier molecular flexibility index (Phi) is 4.92. The minimum absolute atomic E-state index is 0.00198. The number of hydrogen-bond donors (Lipinski definition) is 1. The monoisotopic (exact) mass is 354 g/mol. The van der Waals surface area contributed by atoms with E-state index in [0.717, 1.165) is 24.5 Å². The molecular weight excluding hydrogens is 336 g/mol. The van der Waals surface area contributed by atoms with Crippen molar-refractivity contribution in [3.05, 3.63) is 54.1 Å². The Morgan fingerprint density at radius 2 is 1.81 bits per heavy atom. The first-order chi connectivity index (χ1) is 12.5. The van der Waals surface area contributed by atoms with Gasteiger partial charge in [-0.25, -0.2) is 14.8 Å². The summed E-state index contributed by atoms with van der Waals surface area (Å²) in [5.41, 5.74) is 0.559.